The molecule has 1 heterocycles. The molecular formula is C21H32N4O. The van der Waals surface area contributed by atoms with Gasteiger partial charge in [-0.25, -0.2) is 0 Å². The number of hydrogen-bond donors (Lipinski definition) is 3. The van der Waals surface area contributed by atoms with Crippen molar-refractivity contribution in [2.45, 2.75) is 39.5 Å². The predicted octanol–water partition coefficient (Wildman–Crippen LogP) is 3.39. The van der Waals surface area contributed by atoms with Crippen LogP contribution in [0.25, 0.3) is 10.9 Å². The molecular weight excluding hydrogens is 324 g/mol. The summed E-state index contributed by atoms with van der Waals surface area (Å²) in [5.41, 5.74) is 3.84. The van der Waals surface area contributed by atoms with Crippen LogP contribution in [0.1, 0.15) is 37.3 Å². The molecule has 1 aromatic heterocycles. The fourth-order valence-electron chi connectivity index (χ4n) is 3.06. The average molecular weight is 357 g/mol. The number of nitrogens with zero attached hydrogens (tertiary/aromatic N) is 1. The van der Waals surface area contributed by atoms with Gasteiger partial charge in [0, 0.05) is 49.9 Å². The molecule has 0 amide bonds. The summed E-state index contributed by atoms with van der Waals surface area (Å²) in [5.74, 6) is 1.73. The molecule has 1 fully saturated rings. The van der Waals surface area contributed by atoms with Crippen LogP contribution in [-0.2, 0) is 11.2 Å². The fourth-order valence-corrected chi connectivity index (χ4v) is 3.06. The molecule has 0 atom stereocenters. The summed E-state index contributed by atoms with van der Waals surface area (Å²) in [6.07, 6.45) is 6.77. The minimum atomic E-state index is 0.798. The summed E-state index contributed by atoms with van der Waals surface area (Å²) in [6, 6.07) is 6.57. The number of nitrogens with one attached hydrogen (secondary N) is 3. The first-order chi connectivity index (χ1) is 12.8. The Morgan fingerprint density at radius 2 is 2.19 bits per heavy atom. The summed E-state index contributed by atoms with van der Waals surface area (Å²) in [6.45, 7) is 8.50. The van der Waals surface area contributed by atoms with Gasteiger partial charge in [0.2, 0.25) is 0 Å². The first kappa shape index (κ1) is 18.8. The number of rotatable bonds is 10. The molecule has 0 unspecified atom stereocenters. The summed E-state index contributed by atoms with van der Waals surface area (Å²) < 4.78 is 5.67. The topological polar surface area (TPSA) is 61.4 Å². The quantitative estimate of drug-likeness (QED) is 0.347. The van der Waals surface area contributed by atoms with E-state index in [4.69, 9.17) is 4.74 Å². The third kappa shape index (κ3) is 5.77. The van der Waals surface area contributed by atoms with Gasteiger partial charge in [-0.05, 0) is 62.6 Å². The third-order valence-electron chi connectivity index (χ3n) is 4.72. The van der Waals surface area contributed by atoms with Gasteiger partial charge < -0.3 is 20.4 Å². The van der Waals surface area contributed by atoms with Crippen molar-refractivity contribution < 1.29 is 4.74 Å². The Morgan fingerprint density at radius 1 is 1.31 bits per heavy atom. The van der Waals surface area contributed by atoms with Crippen molar-refractivity contribution in [3.8, 4) is 0 Å². The van der Waals surface area contributed by atoms with E-state index in [0.717, 1.165) is 57.6 Å². The Kier molecular flexibility index (Phi) is 6.95. The van der Waals surface area contributed by atoms with E-state index >= 15 is 0 Å². The number of aromatic nitrogens is 1. The van der Waals surface area contributed by atoms with Gasteiger partial charge >= 0.3 is 0 Å². The monoisotopic (exact) mass is 356 g/mol. The Morgan fingerprint density at radius 3 is 3.00 bits per heavy atom. The molecule has 2 aromatic rings. The van der Waals surface area contributed by atoms with Crippen molar-refractivity contribution in [1.29, 1.82) is 0 Å². The molecule has 5 heteroatoms. The van der Waals surface area contributed by atoms with Crippen molar-refractivity contribution in [1.82, 2.24) is 15.6 Å². The van der Waals surface area contributed by atoms with Crippen LogP contribution in [0.5, 0.6) is 0 Å². The second-order valence-corrected chi connectivity index (χ2v) is 7.17. The lowest BCUT2D eigenvalue weighted by molar-refractivity contribution is 0.123. The van der Waals surface area contributed by atoms with Gasteiger partial charge in [0.15, 0.2) is 5.96 Å². The number of fused-ring (bicyclic) bond motifs is 1. The second kappa shape index (κ2) is 9.62. The molecule has 142 valence electrons. The normalized spacial score (nSPS) is 14.8. The maximum atomic E-state index is 5.67. The fraction of sp³-hybridized carbons (Fsp3) is 0.571. The van der Waals surface area contributed by atoms with E-state index in [0.29, 0.717) is 0 Å². The minimum absolute atomic E-state index is 0.798. The van der Waals surface area contributed by atoms with Crippen LogP contribution in [-0.4, -0.2) is 43.8 Å². The number of aromatic amines is 1. The van der Waals surface area contributed by atoms with Gasteiger partial charge in [-0.2, -0.15) is 0 Å². The van der Waals surface area contributed by atoms with Crippen LogP contribution < -0.4 is 10.6 Å². The molecule has 0 bridgehead atoms. The Balaban J connectivity index is 1.41. The lowest BCUT2D eigenvalue weighted by atomic mass is 10.1. The zero-order valence-electron chi connectivity index (χ0n) is 16.1. The summed E-state index contributed by atoms with van der Waals surface area (Å²) in [7, 11) is 0. The molecule has 0 radical (unpaired) electrons. The van der Waals surface area contributed by atoms with E-state index in [2.05, 4.69) is 58.9 Å². The minimum Gasteiger partial charge on any atom is -0.381 e. The van der Waals surface area contributed by atoms with Crippen molar-refractivity contribution >= 4 is 16.9 Å². The highest BCUT2D eigenvalue weighted by molar-refractivity contribution is 5.84. The highest BCUT2D eigenvalue weighted by Gasteiger charge is 2.20. The van der Waals surface area contributed by atoms with E-state index < -0.39 is 0 Å². The largest absolute Gasteiger partial charge is 0.381 e. The zero-order valence-corrected chi connectivity index (χ0v) is 16.1. The lowest BCUT2D eigenvalue weighted by Crippen LogP contribution is -2.38. The average Bonchev–Trinajstić information content (AvgIpc) is 3.38. The molecule has 0 aliphatic heterocycles. The van der Waals surface area contributed by atoms with E-state index in [-0.39, 0.29) is 0 Å². The maximum Gasteiger partial charge on any atom is 0.191 e. The molecule has 3 N–H and O–H groups in total. The van der Waals surface area contributed by atoms with Crippen LogP contribution in [0.4, 0.5) is 0 Å². The highest BCUT2D eigenvalue weighted by atomic mass is 16.5. The van der Waals surface area contributed by atoms with Crippen molar-refractivity contribution in [2.24, 2.45) is 10.9 Å². The molecule has 0 spiro atoms. The number of guanidine groups is 1. The highest BCUT2D eigenvalue weighted by Crippen LogP contribution is 2.28. The first-order valence-electron chi connectivity index (χ1n) is 9.93. The molecule has 1 aliphatic rings. The molecule has 3 rings (SSSR count). The molecule has 26 heavy (non-hydrogen) atoms. The zero-order chi connectivity index (χ0) is 18.2. The summed E-state index contributed by atoms with van der Waals surface area (Å²) in [5, 5.41) is 8.07. The maximum absolute atomic E-state index is 5.67. The number of aryl methyl sites for hydroxylation is 1. The summed E-state index contributed by atoms with van der Waals surface area (Å²) in [4.78, 5) is 8.02. The van der Waals surface area contributed by atoms with Crippen molar-refractivity contribution in [2.75, 3.05) is 32.8 Å². The second-order valence-electron chi connectivity index (χ2n) is 7.17. The molecule has 1 aromatic carbocycles. The van der Waals surface area contributed by atoms with Crippen molar-refractivity contribution in [3.63, 3.8) is 0 Å². The van der Waals surface area contributed by atoms with Crippen LogP contribution in [0, 0.1) is 12.8 Å². The predicted molar refractivity (Wildman–Crippen MR) is 109 cm³/mol. The Bertz CT molecular complexity index is 718. The van der Waals surface area contributed by atoms with Gasteiger partial charge in [0.1, 0.15) is 0 Å². The van der Waals surface area contributed by atoms with Gasteiger partial charge in [-0.3, -0.25) is 4.99 Å². The van der Waals surface area contributed by atoms with E-state index in [1.807, 2.05) is 0 Å². The van der Waals surface area contributed by atoms with E-state index in [1.54, 1.807) is 0 Å². The van der Waals surface area contributed by atoms with Gasteiger partial charge in [0.25, 0.3) is 0 Å². The number of hydrogen-bond acceptors (Lipinski definition) is 2. The van der Waals surface area contributed by atoms with Gasteiger partial charge in [-0.1, -0.05) is 12.1 Å². The first-order valence-corrected chi connectivity index (χ1v) is 9.93. The lowest BCUT2D eigenvalue weighted by Gasteiger charge is -2.11. The van der Waals surface area contributed by atoms with Gasteiger partial charge in [0.05, 0.1) is 0 Å². The molecule has 1 aliphatic carbocycles. The van der Waals surface area contributed by atoms with Crippen LogP contribution in [0.3, 0.4) is 0 Å². The Labute approximate surface area is 156 Å². The standard InChI is InChI=1S/C21H32N4O/c1-3-22-21(23-10-4-12-26-15-17-6-7-17)24-11-9-18-14-25-20-13-16(2)5-8-19(18)20/h5,8,13-14,17,25H,3-4,6-7,9-12,15H2,1-2H3,(H2,22,23,24). The number of H-pyrrole nitrogens is 1. The summed E-state index contributed by atoms with van der Waals surface area (Å²) >= 11 is 0. The van der Waals surface area contributed by atoms with E-state index in [1.165, 1.54) is 34.9 Å². The van der Waals surface area contributed by atoms with Crippen LogP contribution in [0.15, 0.2) is 29.4 Å². The van der Waals surface area contributed by atoms with Crippen molar-refractivity contribution in [3.05, 3.63) is 35.5 Å². The number of benzene rings is 1. The van der Waals surface area contributed by atoms with Crippen LogP contribution >= 0.6 is 0 Å². The van der Waals surface area contributed by atoms with Crippen LogP contribution in [0.2, 0.25) is 0 Å². The molecule has 1 saturated carbocycles. The number of aliphatic imine (C=N–C) groups is 1. The molecule has 0 saturated heterocycles. The van der Waals surface area contributed by atoms with Gasteiger partial charge in [-0.15, -0.1) is 0 Å². The molecule has 5 nitrogen and oxygen atoms in total. The van der Waals surface area contributed by atoms with E-state index in [9.17, 15) is 0 Å². The smallest absolute Gasteiger partial charge is 0.191 e. The Hall–Kier alpha value is -2.01. The third-order valence-corrected chi connectivity index (χ3v) is 4.72. The SMILES string of the molecule is CCNC(=NCCCOCC1CC1)NCCc1c[nH]c2cc(C)ccc12. The number of ether oxygens (including phenoxy) is 1.